The summed E-state index contributed by atoms with van der Waals surface area (Å²) < 4.78 is 37.4. The monoisotopic (exact) mass is 530 g/mol. The molecule has 0 saturated carbocycles. The highest BCUT2D eigenvalue weighted by Gasteiger charge is 2.28. The van der Waals surface area contributed by atoms with Crippen LogP contribution in [0, 0.1) is 6.92 Å². The third-order valence-corrected chi connectivity index (χ3v) is 7.14. The molecule has 0 aliphatic rings. The van der Waals surface area contributed by atoms with Crippen LogP contribution in [0.15, 0.2) is 71.6 Å². The molecule has 0 aliphatic carbocycles. The zero-order valence-electron chi connectivity index (χ0n) is 19.6. The van der Waals surface area contributed by atoms with E-state index in [2.05, 4.69) is 5.32 Å². The van der Waals surface area contributed by atoms with Gasteiger partial charge in [-0.25, -0.2) is 18.0 Å². The van der Waals surface area contributed by atoms with Gasteiger partial charge in [0.1, 0.15) is 6.54 Å². The topological polar surface area (TPSA) is 119 Å². The highest BCUT2D eigenvalue weighted by atomic mass is 35.5. The van der Waals surface area contributed by atoms with Gasteiger partial charge in [-0.05, 0) is 55.5 Å². The second-order valence-electron chi connectivity index (χ2n) is 7.60. The molecule has 3 aromatic rings. The number of rotatable bonds is 8. The molecule has 0 bridgehead atoms. The summed E-state index contributed by atoms with van der Waals surface area (Å²) in [5.41, 5.74) is 1.01. The zero-order valence-corrected chi connectivity index (χ0v) is 21.2. The quantitative estimate of drug-likeness (QED) is 0.436. The Morgan fingerprint density at radius 3 is 2.19 bits per heavy atom. The number of hydrogen-bond donors (Lipinski definition) is 1. The van der Waals surface area contributed by atoms with Gasteiger partial charge >= 0.3 is 11.9 Å². The molecule has 188 valence electrons. The van der Waals surface area contributed by atoms with Gasteiger partial charge in [-0.15, -0.1) is 0 Å². The standard InChI is InChI=1S/C25H23ClN2O7S/c1-16-7-10-20(11-8-16)36(32,33)28(19-6-4-5-18(26)14-19)15-23(29)27-22-13-17(24(30)34-2)9-12-21(22)25(31)35-3/h4-14H,15H2,1-3H3,(H,27,29). The molecule has 0 saturated heterocycles. The minimum Gasteiger partial charge on any atom is -0.465 e. The zero-order chi connectivity index (χ0) is 26.5. The van der Waals surface area contributed by atoms with Crippen LogP contribution in [-0.2, 0) is 24.3 Å². The lowest BCUT2D eigenvalue weighted by atomic mass is 10.1. The fourth-order valence-electron chi connectivity index (χ4n) is 3.28. The first kappa shape index (κ1) is 26.7. The van der Waals surface area contributed by atoms with E-state index in [1.807, 2.05) is 6.92 Å². The van der Waals surface area contributed by atoms with Crippen LogP contribution in [0.25, 0.3) is 0 Å². The van der Waals surface area contributed by atoms with Crippen LogP contribution in [0.2, 0.25) is 5.02 Å². The predicted molar refractivity (Wildman–Crippen MR) is 135 cm³/mol. The molecule has 0 fully saturated rings. The van der Waals surface area contributed by atoms with Crippen molar-refractivity contribution < 1.29 is 32.3 Å². The van der Waals surface area contributed by atoms with E-state index < -0.39 is 34.4 Å². The maximum Gasteiger partial charge on any atom is 0.339 e. The number of methoxy groups -OCH3 is 2. The minimum absolute atomic E-state index is 0.0242. The number of benzene rings is 3. The van der Waals surface area contributed by atoms with Crippen molar-refractivity contribution in [2.45, 2.75) is 11.8 Å². The van der Waals surface area contributed by atoms with Crippen LogP contribution in [0.4, 0.5) is 11.4 Å². The number of sulfonamides is 1. The van der Waals surface area contributed by atoms with Gasteiger partial charge in [0.05, 0.1) is 41.6 Å². The Bertz CT molecular complexity index is 1410. The third-order valence-electron chi connectivity index (χ3n) is 5.11. The van der Waals surface area contributed by atoms with Crippen LogP contribution in [-0.4, -0.2) is 47.0 Å². The first-order valence-electron chi connectivity index (χ1n) is 10.5. The predicted octanol–water partition coefficient (Wildman–Crippen LogP) is 4.06. The molecule has 0 unspecified atom stereocenters. The summed E-state index contributed by atoms with van der Waals surface area (Å²) in [4.78, 5) is 37.3. The molecule has 11 heteroatoms. The van der Waals surface area contributed by atoms with E-state index in [0.29, 0.717) is 0 Å². The SMILES string of the molecule is COC(=O)c1ccc(C(=O)OC)c(NC(=O)CN(c2cccc(Cl)c2)S(=O)(=O)c2ccc(C)cc2)c1. The van der Waals surface area contributed by atoms with Crippen molar-refractivity contribution in [3.8, 4) is 0 Å². The van der Waals surface area contributed by atoms with Crippen LogP contribution in [0.5, 0.6) is 0 Å². The Balaban J connectivity index is 2.01. The first-order valence-corrected chi connectivity index (χ1v) is 12.3. The van der Waals surface area contributed by atoms with Gasteiger partial charge in [-0.3, -0.25) is 9.10 Å². The van der Waals surface area contributed by atoms with Gasteiger partial charge in [0.2, 0.25) is 5.91 Å². The van der Waals surface area contributed by atoms with Gasteiger partial charge in [0.25, 0.3) is 10.0 Å². The maximum absolute atomic E-state index is 13.5. The van der Waals surface area contributed by atoms with E-state index in [9.17, 15) is 22.8 Å². The Morgan fingerprint density at radius 1 is 0.917 bits per heavy atom. The van der Waals surface area contributed by atoms with E-state index in [0.717, 1.165) is 17.0 Å². The normalized spacial score (nSPS) is 10.9. The molecular formula is C25H23ClN2O7S. The molecule has 0 aliphatic heterocycles. The van der Waals surface area contributed by atoms with Gasteiger partial charge in [0.15, 0.2) is 0 Å². The fraction of sp³-hybridized carbons (Fsp3) is 0.160. The van der Waals surface area contributed by atoms with Crippen molar-refractivity contribution in [1.82, 2.24) is 0 Å². The average molecular weight is 531 g/mol. The van der Waals surface area contributed by atoms with Crippen molar-refractivity contribution in [2.75, 3.05) is 30.4 Å². The second kappa shape index (κ2) is 11.2. The van der Waals surface area contributed by atoms with Crippen LogP contribution in [0.1, 0.15) is 26.3 Å². The summed E-state index contributed by atoms with van der Waals surface area (Å²) in [6.07, 6.45) is 0. The number of amides is 1. The number of aryl methyl sites for hydroxylation is 1. The first-order chi connectivity index (χ1) is 17.1. The molecule has 0 atom stereocenters. The van der Waals surface area contributed by atoms with Crippen molar-refractivity contribution in [3.63, 3.8) is 0 Å². The largest absolute Gasteiger partial charge is 0.465 e. The number of carbonyl (C=O) groups excluding carboxylic acids is 3. The Labute approximate surface area is 213 Å². The number of ether oxygens (including phenoxy) is 2. The molecule has 0 radical (unpaired) electrons. The van der Waals surface area contributed by atoms with Crippen molar-refractivity contribution >= 4 is 50.8 Å². The third kappa shape index (κ3) is 6.02. The molecule has 1 amide bonds. The highest BCUT2D eigenvalue weighted by molar-refractivity contribution is 7.92. The lowest BCUT2D eigenvalue weighted by Crippen LogP contribution is -2.38. The Hall–Kier alpha value is -3.89. The second-order valence-corrected chi connectivity index (χ2v) is 9.90. The molecule has 3 aromatic carbocycles. The molecule has 0 aromatic heterocycles. The molecule has 1 N–H and O–H groups in total. The van der Waals surface area contributed by atoms with E-state index >= 15 is 0 Å². The summed E-state index contributed by atoms with van der Waals surface area (Å²) in [5, 5.41) is 2.78. The van der Waals surface area contributed by atoms with E-state index in [1.165, 1.54) is 49.6 Å². The van der Waals surface area contributed by atoms with E-state index in [1.54, 1.807) is 24.3 Å². The van der Waals surface area contributed by atoms with Crippen LogP contribution >= 0.6 is 11.6 Å². The lowest BCUT2D eigenvalue weighted by Gasteiger charge is -2.24. The van der Waals surface area contributed by atoms with Crippen LogP contribution in [0.3, 0.4) is 0 Å². The maximum atomic E-state index is 13.5. The molecule has 0 heterocycles. The fourth-order valence-corrected chi connectivity index (χ4v) is 4.88. The van der Waals surface area contributed by atoms with E-state index in [4.69, 9.17) is 21.1 Å². The summed E-state index contributed by atoms with van der Waals surface area (Å²) >= 11 is 6.09. The molecule has 9 nitrogen and oxygen atoms in total. The highest BCUT2D eigenvalue weighted by Crippen LogP contribution is 2.27. The van der Waals surface area contributed by atoms with Gasteiger partial charge in [0, 0.05) is 5.02 Å². The van der Waals surface area contributed by atoms with Crippen molar-refractivity contribution in [3.05, 3.63) is 88.4 Å². The number of halogens is 1. The van der Waals surface area contributed by atoms with Gasteiger partial charge in [-0.1, -0.05) is 35.4 Å². The smallest absolute Gasteiger partial charge is 0.339 e. The summed E-state index contributed by atoms with van der Waals surface area (Å²) in [7, 11) is -1.83. The summed E-state index contributed by atoms with van der Waals surface area (Å²) in [6.45, 7) is 1.17. The van der Waals surface area contributed by atoms with Crippen molar-refractivity contribution in [2.24, 2.45) is 0 Å². The number of nitrogens with one attached hydrogen (secondary N) is 1. The number of esters is 2. The Morgan fingerprint density at radius 2 is 1.58 bits per heavy atom. The minimum atomic E-state index is -4.18. The molecule has 36 heavy (non-hydrogen) atoms. The van der Waals surface area contributed by atoms with E-state index in [-0.39, 0.29) is 32.4 Å². The Kier molecular flexibility index (Phi) is 8.33. The summed E-state index contributed by atoms with van der Waals surface area (Å²) in [5.74, 6) is -2.23. The molecule has 3 rings (SSSR count). The molecule has 0 spiro atoms. The number of carbonyl (C=O) groups is 3. The number of nitrogens with zero attached hydrogens (tertiary/aromatic N) is 1. The number of anilines is 2. The van der Waals surface area contributed by atoms with Gasteiger partial charge < -0.3 is 14.8 Å². The lowest BCUT2D eigenvalue weighted by molar-refractivity contribution is -0.114. The average Bonchev–Trinajstić information content (AvgIpc) is 2.86. The molecular weight excluding hydrogens is 508 g/mol. The summed E-state index contributed by atoms with van der Waals surface area (Å²) in [6, 6.07) is 16.1. The van der Waals surface area contributed by atoms with Crippen molar-refractivity contribution in [1.29, 1.82) is 0 Å². The van der Waals surface area contributed by atoms with Crippen LogP contribution < -0.4 is 9.62 Å². The number of hydrogen-bond acceptors (Lipinski definition) is 7. The van der Waals surface area contributed by atoms with Gasteiger partial charge in [-0.2, -0.15) is 0 Å².